The zero-order valence-corrected chi connectivity index (χ0v) is 14.6. The molecule has 0 spiro atoms. The Labute approximate surface area is 154 Å². The van der Waals surface area contributed by atoms with E-state index in [0.717, 1.165) is 0 Å². The van der Waals surface area contributed by atoms with Crippen LogP contribution in [0.1, 0.15) is 20.0 Å². The van der Waals surface area contributed by atoms with Crippen LogP contribution in [0.15, 0.2) is 66.0 Å². The van der Waals surface area contributed by atoms with Crippen LogP contribution in [0.4, 0.5) is 5.69 Å². The van der Waals surface area contributed by atoms with Crippen LogP contribution in [-0.2, 0) is 0 Å². The number of hydrogen-bond acceptors (Lipinski definition) is 4. The van der Waals surface area contributed by atoms with Gasteiger partial charge in [-0.15, -0.1) is 11.3 Å². The molecule has 0 fully saturated rings. The van der Waals surface area contributed by atoms with Crippen molar-refractivity contribution in [3.05, 3.63) is 81.5 Å². The summed E-state index contributed by atoms with van der Waals surface area (Å²) < 4.78 is 5.49. The van der Waals surface area contributed by atoms with Gasteiger partial charge in [-0.05, 0) is 60.0 Å². The van der Waals surface area contributed by atoms with Gasteiger partial charge in [0, 0.05) is 16.3 Å². The summed E-state index contributed by atoms with van der Waals surface area (Å²) in [4.78, 5) is 24.7. The summed E-state index contributed by atoms with van der Waals surface area (Å²) in [7, 11) is 0. The highest BCUT2D eigenvalue weighted by molar-refractivity contribution is 7.12. The Morgan fingerprint density at radius 1 is 1.00 bits per heavy atom. The Morgan fingerprint density at radius 2 is 1.72 bits per heavy atom. The molecule has 1 N–H and O–H groups in total. The number of ether oxygens (including phenoxy) is 1. The monoisotopic (exact) mass is 371 g/mol. The highest BCUT2D eigenvalue weighted by atomic mass is 35.5. The van der Waals surface area contributed by atoms with Gasteiger partial charge in [0.1, 0.15) is 5.75 Å². The van der Waals surface area contributed by atoms with Gasteiger partial charge in [0.15, 0.2) is 12.4 Å². The Morgan fingerprint density at radius 3 is 2.36 bits per heavy atom. The van der Waals surface area contributed by atoms with Crippen LogP contribution in [0.2, 0.25) is 5.02 Å². The van der Waals surface area contributed by atoms with Gasteiger partial charge in [0.25, 0.3) is 5.91 Å². The van der Waals surface area contributed by atoms with Crippen LogP contribution in [0.25, 0.3) is 0 Å². The summed E-state index contributed by atoms with van der Waals surface area (Å²) in [5.41, 5.74) is 1.21. The van der Waals surface area contributed by atoms with Gasteiger partial charge >= 0.3 is 0 Å². The van der Waals surface area contributed by atoms with Crippen LogP contribution in [0.3, 0.4) is 0 Å². The van der Waals surface area contributed by atoms with Crippen LogP contribution >= 0.6 is 22.9 Å². The van der Waals surface area contributed by atoms with Gasteiger partial charge in [-0.1, -0.05) is 17.7 Å². The predicted octanol–water partition coefficient (Wildman–Crippen LogP) is 4.92. The summed E-state index contributed by atoms with van der Waals surface area (Å²) in [5, 5.41) is 5.24. The second-order valence-corrected chi connectivity index (χ2v) is 6.56. The van der Waals surface area contributed by atoms with Gasteiger partial charge in [-0.2, -0.15) is 0 Å². The minimum Gasteiger partial charge on any atom is -0.485 e. The van der Waals surface area contributed by atoms with Gasteiger partial charge < -0.3 is 10.1 Å². The first kappa shape index (κ1) is 17.2. The zero-order chi connectivity index (χ0) is 17.6. The first-order valence-corrected chi connectivity index (χ1v) is 8.74. The lowest BCUT2D eigenvalue weighted by Crippen LogP contribution is -2.12. The Kier molecular flexibility index (Phi) is 5.48. The van der Waals surface area contributed by atoms with Crippen molar-refractivity contribution in [3.63, 3.8) is 0 Å². The number of carbonyl (C=O) groups excluding carboxylic acids is 2. The number of benzene rings is 2. The highest BCUT2D eigenvalue weighted by Crippen LogP contribution is 2.18. The van der Waals surface area contributed by atoms with Crippen LogP contribution in [0, 0.1) is 0 Å². The molecule has 0 saturated heterocycles. The maximum absolute atomic E-state index is 12.0. The number of anilines is 1. The zero-order valence-electron chi connectivity index (χ0n) is 13.1. The number of carbonyl (C=O) groups is 2. The minimum atomic E-state index is -0.151. The van der Waals surface area contributed by atoms with E-state index in [1.54, 1.807) is 54.6 Å². The molecule has 2 aromatic carbocycles. The molecule has 0 radical (unpaired) electrons. The van der Waals surface area contributed by atoms with E-state index < -0.39 is 0 Å². The molecule has 3 rings (SSSR count). The van der Waals surface area contributed by atoms with Crippen LogP contribution in [-0.4, -0.2) is 18.3 Å². The molecular weight excluding hydrogens is 358 g/mol. The van der Waals surface area contributed by atoms with E-state index >= 15 is 0 Å². The second kappa shape index (κ2) is 7.96. The van der Waals surface area contributed by atoms with E-state index in [1.807, 2.05) is 11.4 Å². The van der Waals surface area contributed by atoms with Gasteiger partial charge in [0.05, 0.1) is 4.88 Å². The van der Waals surface area contributed by atoms with E-state index in [1.165, 1.54) is 11.3 Å². The molecule has 1 amide bonds. The van der Waals surface area contributed by atoms with Gasteiger partial charge in [0.2, 0.25) is 0 Å². The number of halogens is 1. The van der Waals surface area contributed by atoms with Crippen molar-refractivity contribution in [2.45, 2.75) is 0 Å². The van der Waals surface area contributed by atoms with E-state index in [0.29, 0.717) is 26.9 Å². The first-order valence-electron chi connectivity index (χ1n) is 7.48. The molecule has 126 valence electrons. The summed E-state index contributed by atoms with van der Waals surface area (Å²) in [5.74, 6) is 0.268. The largest absolute Gasteiger partial charge is 0.485 e. The molecule has 6 heteroatoms. The molecule has 0 aliphatic rings. The molecular formula is C19H14ClNO3S. The number of hydrogen-bond donors (Lipinski definition) is 1. The smallest absolute Gasteiger partial charge is 0.265 e. The fourth-order valence-electron chi connectivity index (χ4n) is 2.10. The fourth-order valence-corrected chi connectivity index (χ4v) is 2.85. The number of nitrogens with one attached hydrogen (secondary N) is 1. The lowest BCUT2D eigenvalue weighted by Gasteiger charge is -2.08. The lowest BCUT2D eigenvalue weighted by atomic mass is 10.1. The topological polar surface area (TPSA) is 55.4 Å². The number of Topliss-reactive ketones (excluding diaryl/α,β-unsaturated/α-hetero) is 1. The number of ketones is 1. The third kappa shape index (κ3) is 4.68. The molecule has 0 aliphatic carbocycles. The molecule has 0 bridgehead atoms. The molecule has 3 aromatic rings. The SMILES string of the molecule is O=C(COc1ccc(NC(=O)c2cccs2)cc1)c1ccc(Cl)cc1. The van der Waals surface area contributed by atoms with Crippen molar-refractivity contribution in [3.8, 4) is 5.75 Å². The van der Waals surface area contributed by atoms with Crippen LogP contribution in [0.5, 0.6) is 5.75 Å². The molecule has 0 unspecified atom stereocenters. The van der Waals surface area contributed by atoms with Crippen molar-refractivity contribution in [1.29, 1.82) is 0 Å². The highest BCUT2D eigenvalue weighted by Gasteiger charge is 2.08. The number of thiophene rings is 1. The third-order valence-corrected chi connectivity index (χ3v) is 4.51. The average molecular weight is 372 g/mol. The minimum absolute atomic E-state index is 0.0669. The van der Waals surface area contributed by atoms with Crippen LogP contribution < -0.4 is 10.1 Å². The Bertz CT molecular complexity index is 859. The summed E-state index contributed by atoms with van der Waals surface area (Å²) in [6.07, 6.45) is 0. The molecule has 0 aliphatic heterocycles. The summed E-state index contributed by atoms with van der Waals surface area (Å²) in [6.45, 7) is -0.0669. The average Bonchev–Trinajstić information content (AvgIpc) is 3.16. The van der Waals surface area contributed by atoms with Gasteiger partial charge in [-0.25, -0.2) is 0 Å². The number of rotatable bonds is 6. The van der Waals surface area contributed by atoms with Crippen molar-refractivity contribution in [2.24, 2.45) is 0 Å². The van der Waals surface area contributed by atoms with Crippen molar-refractivity contribution in [1.82, 2.24) is 0 Å². The van der Waals surface area contributed by atoms with Crippen molar-refractivity contribution >= 4 is 40.3 Å². The normalized spacial score (nSPS) is 10.3. The van der Waals surface area contributed by atoms with E-state index in [4.69, 9.17) is 16.3 Å². The fraction of sp³-hybridized carbons (Fsp3) is 0.0526. The molecule has 0 atom stereocenters. The second-order valence-electron chi connectivity index (χ2n) is 5.17. The lowest BCUT2D eigenvalue weighted by molar-refractivity contribution is 0.0921. The first-order chi connectivity index (χ1) is 12.1. The Hall–Kier alpha value is -2.63. The molecule has 1 heterocycles. The van der Waals surface area contributed by atoms with E-state index in [2.05, 4.69) is 5.32 Å². The Balaban J connectivity index is 1.54. The van der Waals surface area contributed by atoms with E-state index in [9.17, 15) is 9.59 Å². The van der Waals surface area contributed by atoms with Gasteiger partial charge in [-0.3, -0.25) is 9.59 Å². The molecule has 1 aromatic heterocycles. The predicted molar refractivity (Wildman–Crippen MR) is 100.0 cm³/mol. The summed E-state index contributed by atoms with van der Waals surface area (Å²) in [6, 6.07) is 17.1. The quantitative estimate of drug-likeness (QED) is 0.626. The molecule has 4 nitrogen and oxygen atoms in total. The third-order valence-electron chi connectivity index (χ3n) is 3.39. The molecule has 25 heavy (non-hydrogen) atoms. The van der Waals surface area contributed by atoms with Crippen molar-refractivity contribution < 1.29 is 14.3 Å². The maximum atomic E-state index is 12.0. The summed E-state index contributed by atoms with van der Waals surface area (Å²) >= 11 is 7.18. The molecule has 0 saturated carbocycles. The van der Waals surface area contributed by atoms with Crippen molar-refractivity contribution in [2.75, 3.05) is 11.9 Å². The number of amides is 1. The maximum Gasteiger partial charge on any atom is 0.265 e. The standard InChI is InChI=1S/C19H14ClNO3S/c20-14-5-3-13(4-6-14)17(22)12-24-16-9-7-15(8-10-16)21-19(23)18-2-1-11-25-18/h1-11H,12H2,(H,21,23). The van der Waals surface area contributed by atoms with E-state index in [-0.39, 0.29) is 18.3 Å².